The molecule has 1 amide bonds. The summed E-state index contributed by atoms with van der Waals surface area (Å²) in [5.74, 6) is -0.0185. The predicted molar refractivity (Wildman–Crippen MR) is 71.6 cm³/mol. The Morgan fingerprint density at radius 2 is 1.89 bits per heavy atom. The largest absolute Gasteiger partial charge is 0.353 e. The van der Waals surface area contributed by atoms with Crippen LogP contribution in [0.1, 0.15) is 5.56 Å². The van der Waals surface area contributed by atoms with E-state index < -0.39 is 6.10 Å². The molecule has 96 valence electrons. The van der Waals surface area contributed by atoms with E-state index in [0.29, 0.717) is 6.42 Å². The topological polar surface area (TPSA) is 29.3 Å². The molecule has 3 nitrogen and oxygen atoms in total. The Hall–Kier alpha value is -2.26. The van der Waals surface area contributed by atoms with E-state index in [-0.39, 0.29) is 5.91 Å². The maximum absolute atomic E-state index is 12.3. The van der Waals surface area contributed by atoms with Crippen LogP contribution in [-0.4, -0.2) is 12.0 Å². The second-order valence-corrected chi connectivity index (χ2v) is 4.46. The minimum Gasteiger partial charge on any atom is -0.353 e. The summed E-state index contributed by atoms with van der Waals surface area (Å²) in [6.45, 7) is 1.51. The zero-order valence-electron chi connectivity index (χ0n) is 10.4. The van der Waals surface area contributed by atoms with Crippen LogP contribution in [0.25, 0.3) is 0 Å². The predicted octanol–water partition coefficient (Wildman–Crippen LogP) is 1.47. The quantitative estimate of drug-likeness (QED) is 0.598. The number of hydrogen-bond acceptors (Lipinski definition) is 2. The van der Waals surface area contributed by atoms with Crippen LogP contribution in [0.2, 0.25) is 0 Å². The van der Waals surface area contributed by atoms with Gasteiger partial charge in [-0.3, -0.25) is 9.37 Å². The van der Waals surface area contributed by atoms with Gasteiger partial charge in [-0.25, -0.2) is 0 Å². The van der Waals surface area contributed by atoms with Crippen LogP contribution in [0.15, 0.2) is 60.7 Å². The highest BCUT2D eigenvalue weighted by Crippen LogP contribution is 2.13. The first kappa shape index (κ1) is 11.8. The highest BCUT2D eigenvalue weighted by Gasteiger charge is 2.29. The molecule has 1 aliphatic heterocycles. The highest BCUT2D eigenvalue weighted by atomic mass is 16.5. The summed E-state index contributed by atoms with van der Waals surface area (Å²) in [6, 6.07) is 19.4. The van der Waals surface area contributed by atoms with E-state index in [1.165, 1.54) is 6.73 Å². The van der Waals surface area contributed by atoms with Crippen molar-refractivity contribution in [1.82, 2.24) is 4.58 Å². The maximum atomic E-state index is 12.3. The van der Waals surface area contributed by atoms with Crippen LogP contribution in [0.4, 0.5) is 0 Å². The Bertz CT molecular complexity index is 626. The van der Waals surface area contributed by atoms with Gasteiger partial charge < -0.3 is 4.74 Å². The summed E-state index contributed by atoms with van der Waals surface area (Å²) in [5, 5.41) is 0.836. The van der Waals surface area contributed by atoms with E-state index in [9.17, 15) is 4.79 Å². The number of hydrogen-bond donors (Lipinski definition) is 0. The molecule has 0 N–H and O–H groups in total. The number of para-hydroxylation sites is 1. The fourth-order valence-corrected chi connectivity index (χ4v) is 2.14. The van der Waals surface area contributed by atoms with Gasteiger partial charge in [-0.2, -0.15) is 30.3 Å². The summed E-state index contributed by atoms with van der Waals surface area (Å²) >= 11 is 0. The van der Waals surface area contributed by atoms with Crippen molar-refractivity contribution in [3.05, 3.63) is 78.3 Å². The van der Waals surface area contributed by atoms with Crippen LogP contribution in [0.3, 0.4) is 0 Å². The van der Waals surface area contributed by atoms with Crippen LogP contribution in [0, 0.1) is 6.73 Å². The molecule has 3 rings (SSSR count). The SMILES string of the molecule is O=C1C(Cc2ccccc2)O[CH-][N+]1=c1cccc[cH-]1. The molecule has 0 spiro atoms. The summed E-state index contributed by atoms with van der Waals surface area (Å²) in [5.41, 5.74) is 1.10. The van der Waals surface area contributed by atoms with Gasteiger partial charge in [0.05, 0.1) is 0 Å². The van der Waals surface area contributed by atoms with Crippen LogP contribution >= 0.6 is 0 Å². The average Bonchev–Trinajstić information content (AvgIpc) is 2.82. The number of nitrogens with zero attached hydrogens (tertiary/aromatic N) is 1. The van der Waals surface area contributed by atoms with Gasteiger partial charge in [0, 0.05) is 11.8 Å². The third-order valence-electron chi connectivity index (χ3n) is 3.14. The molecule has 3 heteroatoms. The molecule has 19 heavy (non-hydrogen) atoms. The minimum atomic E-state index is -0.428. The minimum absolute atomic E-state index is 0.0185. The lowest BCUT2D eigenvalue weighted by Crippen LogP contribution is -2.33. The van der Waals surface area contributed by atoms with Crippen molar-refractivity contribution in [2.45, 2.75) is 12.5 Å². The lowest BCUT2D eigenvalue weighted by molar-refractivity contribution is -0.124. The first-order valence-electron chi connectivity index (χ1n) is 6.25. The Morgan fingerprint density at radius 1 is 1.11 bits per heavy atom. The summed E-state index contributed by atoms with van der Waals surface area (Å²) in [6.07, 6.45) is 0.169. The van der Waals surface area contributed by atoms with E-state index in [4.69, 9.17) is 4.74 Å². The number of carbonyl (C=O) groups is 1. The van der Waals surface area contributed by atoms with Crippen LogP contribution in [0.5, 0.6) is 0 Å². The number of amides is 1. The third-order valence-corrected chi connectivity index (χ3v) is 3.14. The van der Waals surface area contributed by atoms with E-state index in [2.05, 4.69) is 0 Å². The molecule has 1 atom stereocenters. The number of carbonyl (C=O) groups excluding carboxylic acids is 1. The molecule has 2 aromatic rings. The zero-order valence-corrected chi connectivity index (χ0v) is 10.4. The molecule has 0 aromatic heterocycles. The number of rotatable bonds is 2. The first-order chi connectivity index (χ1) is 9.34. The van der Waals surface area contributed by atoms with Gasteiger partial charge in [0.2, 0.25) is 0 Å². The second kappa shape index (κ2) is 5.16. The standard InChI is InChI=1S/C16H14NO2/c18-16-15(11-13-7-3-1-4-8-13)19-12-17(16)14-9-5-2-6-10-14/h1-10,12,15H,11H2/q-1. The Morgan fingerprint density at radius 3 is 2.63 bits per heavy atom. The molecule has 0 aliphatic carbocycles. The lowest BCUT2D eigenvalue weighted by Gasteiger charge is -2.06. The molecule has 2 aromatic carbocycles. The molecule has 1 fully saturated rings. The van der Waals surface area contributed by atoms with Gasteiger partial charge in [-0.05, 0) is 5.56 Å². The molecular formula is C16H14NO2-. The molecule has 0 radical (unpaired) electrons. The zero-order chi connectivity index (χ0) is 13.1. The number of ether oxygens (including phenoxy) is 1. The van der Waals surface area contributed by atoms with E-state index in [0.717, 1.165) is 10.9 Å². The molecular weight excluding hydrogens is 238 g/mol. The van der Waals surface area contributed by atoms with Crippen molar-refractivity contribution >= 4 is 5.91 Å². The first-order valence-corrected chi connectivity index (χ1v) is 6.25. The summed E-state index contributed by atoms with van der Waals surface area (Å²) in [7, 11) is 0. The average molecular weight is 252 g/mol. The van der Waals surface area contributed by atoms with Crippen molar-refractivity contribution in [1.29, 1.82) is 0 Å². The van der Waals surface area contributed by atoms with Crippen LogP contribution < -0.4 is 9.93 Å². The Balaban J connectivity index is 1.84. The third kappa shape index (κ3) is 2.46. The fourth-order valence-electron chi connectivity index (χ4n) is 2.14. The summed E-state index contributed by atoms with van der Waals surface area (Å²) < 4.78 is 7.05. The van der Waals surface area contributed by atoms with Crippen molar-refractivity contribution in [2.24, 2.45) is 0 Å². The monoisotopic (exact) mass is 252 g/mol. The van der Waals surface area contributed by atoms with E-state index in [1.807, 2.05) is 60.7 Å². The fraction of sp³-hybridized carbons (Fsp3) is 0.125. The van der Waals surface area contributed by atoms with Crippen molar-refractivity contribution in [3.63, 3.8) is 0 Å². The van der Waals surface area contributed by atoms with Crippen molar-refractivity contribution in [3.8, 4) is 0 Å². The smallest absolute Gasteiger partial charge is 0.311 e. The molecule has 0 saturated carbocycles. The maximum Gasteiger partial charge on any atom is 0.311 e. The van der Waals surface area contributed by atoms with Gasteiger partial charge in [0.1, 0.15) is 6.10 Å². The molecule has 0 bridgehead atoms. The Labute approximate surface area is 111 Å². The Kier molecular flexibility index (Phi) is 3.21. The van der Waals surface area contributed by atoms with Crippen molar-refractivity contribution in [2.75, 3.05) is 0 Å². The number of benzene rings is 2. The van der Waals surface area contributed by atoms with Gasteiger partial charge in [0.25, 0.3) is 0 Å². The highest BCUT2D eigenvalue weighted by molar-refractivity contribution is 5.84. The second-order valence-electron chi connectivity index (χ2n) is 4.46. The lowest BCUT2D eigenvalue weighted by atomic mass is 10.1. The molecule has 1 unspecified atom stereocenters. The van der Waals surface area contributed by atoms with Crippen molar-refractivity contribution < 1.29 is 9.53 Å². The van der Waals surface area contributed by atoms with Crippen LogP contribution in [-0.2, 0) is 16.0 Å². The van der Waals surface area contributed by atoms with Gasteiger partial charge in [0.15, 0.2) is 6.73 Å². The van der Waals surface area contributed by atoms with E-state index >= 15 is 0 Å². The normalized spacial score (nSPS) is 18.4. The molecule has 1 heterocycles. The molecule has 1 aliphatic rings. The van der Waals surface area contributed by atoms with Gasteiger partial charge >= 0.3 is 5.91 Å². The van der Waals surface area contributed by atoms with Gasteiger partial charge in [-0.1, -0.05) is 30.3 Å². The summed E-state index contributed by atoms with van der Waals surface area (Å²) in [4.78, 5) is 12.3. The van der Waals surface area contributed by atoms with E-state index in [1.54, 1.807) is 4.58 Å². The molecule has 1 saturated heterocycles. The van der Waals surface area contributed by atoms with Gasteiger partial charge in [-0.15, -0.1) is 0 Å².